The van der Waals surface area contributed by atoms with Crippen LogP contribution in [0.4, 0.5) is 0 Å². The Kier molecular flexibility index (Phi) is 3.40. The van der Waals surface area contributed by atoms with Crippen molar-refractivity contribution in [1.82, 2.24) is 14.5 Å². The molecule has 8 heteroatoms. The van der Waals surface area contributed by atoms with E-state index in [-0.39, 0.29) is 11.4 Å². The highest BCUT2D eigenvalue weighted by atomic mass is 32.2. The maximum atomic E-state index is 12.4. The monoisotopic (exact) mass is 273 g/mol. The first kappa shape index (κ1) is 13.0. The molecule has 0 aliphatic carbocycles. The number of aromatic nitrogens is 2. The summed E-state index contributed by atoms with van der Waals surface area (Å²) >= 11 is 0. The predicted octanol–water partition coefficient (Wildman–Crippen LogP) is 0.346. The molecular weight excluding hydrogens is 258 g/mol. The summed E-state index contributed by atoms with van der Waals surface area (Å²) < 4.78 is 25.8. The molecule has 1 aromatic rings. The molecule has 1 aliphatic heterocycles. The van der Waals surface area contributed by atoms with Crippen LogP contribution in [-0.4, -0.2) is 46.6 Å². The summed E-state index contributed by atoms with van der Waals surface area (Å²) in [4.78, 5) is 11.2. The largest absolute Gasteiger partial charge is 0.480 e. The summed E-state index contributed by atoms with van der Waals surface area (Å²) in [7, 11) is -3.78. The van der Waals surface area contributed by atoms with Gasteiger partial charge in [0.25, 0.3) is 0 Å². The molecule has 0 spiro atoms. The minimum Gasteiger partial charge on any atom is -0.480 e. The van der Waals surface area contributed by atoms with Gasteiger partial charge in [0, 0.05) is 6.54 Å². The molecule has 2 rings (SSSR count). The van der Waals surface area contributed by atoms with E-state index in [1.807, 2.05) is 0 Å². The minimum atomic E-state index is -3.78. The lowest BCUT2D eigenvalue weighted by Crippen LogP contribution is -2.47. The first-order valence-corrected chi connectivity index (χ1v) is 7.13. The molecule has 0 unspecified atom stereocenters. The number of aryl methyl sites for hydroxylation is 1. The molecule has 100 valence electrons. The molecule has 1 aromatic heterocycles. The lowest BCUT2D eigenvalue weighted by atomic mass is 10.1. The van der Waals surface area contributed by atoms with Crippen molar-refractivity contribution in [3.8, 4) is 0 Å². The van der Waals surface area contributed by atoms with Gasteiger partial charge < -0.3 is 5.11 Å². The molecule has 1 fully saturated rings. The number of hydrogen-bond donors (Lipinski definition) is 2. The smallest absolute Gasteiger partial charge is 0.322 e. The molecule has 0 bridgehead atoms. The van der Waals surface area contributed by atoms with Crippen LogP contribution in [-0.2, 0) is 14.8 Å². The number of aliphatic carboxylic acids is 1. The molecule has 2 N–H and O–H groups in total. The van der Waals surface area contributed by atoms with E-state index in [0.29, 0.717) is 18.5 Å². The molecule has 2 heterocycles. The quantitative estimate of drug-likeness (QED) is 0.826. The lowest BCUT2D eigenvalue weighted by Gasteiger charge is -2.31. The molecular formula is C10H15N3O4S. The van der Waals surface area contributed by atoms with Gasteiger partial charge in [0.15, 0.2) is 0 Å². The zero-order valence-corrected chi connectivity index (χ0v) is 10.8. The molecule has 18 heavy (non-hydrogen) atoms. The third kappa shape index (κ3) is 2.13. The SMILES string of the molecule is Cc1[nH]ncc1S(=O)(=O)N1CCCC[C@H]1C(=O)O. The van der Waals surface area contributed by atoms with Crippen LogP contribution >= 0.6 is 0 Å². The topological polar surface area (TPSA) is 103 Å². The molecule has 7 nitrogen and oxygen atoms in total. The zero-order valence-electron chi connectivity index (χ0n) is 9.96. The van der Waals surface area contributed by atoms with Crippen molar-refractivity contribution in [1.29, 1.82) is 0 Å². The maximum Gasteiger partial charge on any atom is 0.322 e. The number of carboxylic acid groups (broad SMARTS) is 1. The van der Waals surface area contributed by atoms with Crippen molar-refractivity contribution >= 4 is 16.0 Å². The van der Waals surface area contributed by atoms with Crippen LogP contribution in [0.15, 0.2) is 11.1 Å². The highest BCUT2D eigenvalue weighted by Gasteiger charge is 2.38. The number of H-pyrrole nitrogens is 1. The van der Waals surface area contributed by atoms with Crippen LogP contribution in [0.5, 0.6) is 0 Å². The third-order valence-electron chi connectivity index (χ3n) is 3.11. The fourth-order valence-electron chi connectivity index (χ4n) is 2.17. The fraction of sp³-hybridized carbons (Fsp3) is 0.600. The van der Waals surface area contributed by atoms with Gasteiger partial charge in [0.2, 0.25) is 10.0 Å². The van der Waals surface area contributed by atoms with Gasteiger partial charge in [-0.2, -0.15) is 9.40 Å². The normalized spacial score (nSPS) is 21.9. The molecule has 0 saturated carbocycles. The second-order valence-corrected chi connectivity index (χ2v) is 6.18. The summed E-state index contributed by atoms with van der Waals surface area (Å²) in [5.41, 5.74) is 0.421. The average molecular weight is 273 g/mol. The van der Waals surface area contributed by atoms with Gasteiger partial charge in [-0.25, -0.2) is 8.42 Å². The Hall–Kier alpha value is -1.41. The van der Waals surface area contributed by atoms with Gasteiger partial charge in [-0.15, -0.1) is 0 Å². The highest BCUT2D eigenvalue weighted by molar-refractivity contribution is 7.89. The summed E-state index contributed by atoms with van der Waals surface area (Å²) in [5, 5.41) is 15.3. The van der Waals surface area contributed by atoms with Crippen molar-refractivity contribution in [2.24, 2.45) is 0 Å². The van der Waals surface area contributed by atoms with Crippen LogP contribution in [0.2, 0.25) is 0 Å². The van der Waals surface area contributed by atoms with E-state index in [1.165, 1.54) is 6.20 Å². The Labute approximate surface area is 105 Å². The third-order valence-corrected chi connectivity index (χ3v) is 5.13. The Morgan fingerprint density at radius 1 is 1.56 bits per heavy atom. The average Bonchev–Trinajstić information content (AvgIpc) is 2.76. The van der Waals surface area contributed by atoms with Gasteiger partial charge in [-0.3, -0.25) is 9.89 Å². The van der Waals surface area contributed by atoms with Gasteiger partial charge >= 0.3 is 5.97 Å². The van der Waals surface area contributed by atoms with Crippen molar-refractivity contribution in [3.05, 3.63) is 11.9 Å². The molecule has 0 amide bonds. The Balaban J connectivity index is 2.39. The van der Waals surface area contributed by atoms with Crippen LogP contribution in [0, 0.1) is 6.92 Å². The van der Waals surface area contributed by atoms with Crippen LogP contribution in [0.3, 0.4) is 0 Å². The lowest BCUT2D eigenvalue weighted by molar-refractivity contribution is -0.142. The number of carboxylic acids is 1. The summed E-state index contributed by atoms with van der Waals surface area (Å²) in [5.74, 6) is -1.10. The number of sulfonamides is 1. The Morgan fingerprint density at radius 2 is 2.28 bits per heavy atom. The van der Waals surface area contributed by atoms with Crippen LogP contribution in [0.25, 0.3) is 0 Å². The van der Waals surface area contributed by atoms with Gasteiger partial charge in [-0.05, 0) is 26.2 Å². The van der Waals surface area contributed by atoms with Crippen molar-refractivity contribution in [3.63, 3.8) is 0 Å². The molecule has 1 saturated heterocycles. The zero-order chi connectivity index (χ0) is 13.3. The molecule has 1 atom stereocenters. The number of aromatic amines is 1. The summed E-state index contributed by atoms with van der Waals surface area (Å²) in [6.07, 6.45) is 2.98. The van der Waals surface area contributed by atoms with E-state index in [2.05, 4.69) is 10.2 Å². The van der Waals surface area contributed by atoms with E-state index in [0.717, 1.165) is 10.7 Å². The summed E-state index contributed by atoms with van der Waals surface area (Å²) in [6, 6.07) is -0.974. The molecule has 0 radical (unpaired) electrons. The number of carbonyl (C=O) groups is 1. The second kappa shape index (κ2) is 4.69. The van der Waals surface area contributed by atoms with Crippen LogP contribution in [0.1, 0.15) is 25.0 Å². The highest BCUT2D eigenvalue weighted by Crippen LogP contribution is 2.26. The number of rotatable bonds is 3. The first-order valence-electron chi connectivity index (χ1n) is 5.69. The van der Waals surface area contributed by atoms with Crippen LogP contribution < -0.4 is 0 Å². The first-order chi connectivity index (χ1) is 8.44. The minimum absolute atomic E-state index is 0.0515. The Morgan fingerprint density at radius 3 is 2.83 bits per heavy atom. The van der Waals surface area contributed by atoms with E-state index < -0.39 is 22.0 Å². The second-order valence-electron chi connectivity index (χ2n) is 4.32. The van der Waals surface area contributed by atoms with Gasteiger partial charge in [0.1, 0.15) is 10.9 Å². The van der Waals surface area contributed by atoms with Gasteiger partial charge in [-0.1, -0.05) is 0 Å². The number of nitrogens with one attached hydrogen (secondary N) is 1. The summed E-state index contributed by atoms with van der Waals surface area (Å²) in [6.45, 7) is 1.84. The number of nitrogens with zero attached hydrogens (tertiary/aromatic N) is 2. The van der Waals surface area contributed by atoms with E-state index in [1.54, 1.807) is 6.92 Å². The van der Waals surface area contributed by atoms with Crippen molar-refractivity contribution < 1.29 is 18.3 Å². The van der Waals surface area contributed by atoms with E-state index >= 15 is 0 Å². The Bertz CT molecular complexity index is 551. The molecule has 1 aliphatic rings. The van der Waals surface area contributed by atoms with Gasteiger partial charge in [0.05, 0.1) is 11.9 Å². The standard InChI is InChI=1S/C10H15N3O4S/c1-7-9(6-11-12-7)18(16,17)13-5-3-2-4-8(13)10(14)15/h6,8H,2-5H2,1H3,(H,11,12)(H,14,15)/t8-/m0/s1. The predicted molar refractivity (Wildman–Crippen MR) is 62.5 cm³/mol. The maximum absolute atomic E-state index is 12.4. The van der Waals surface area contributed by atoms with Crippen molar-refractivity contribution in [2.75, 3.05) is 6.54 Å². The molecule has 0 aromatic carbocycles. The fourth-order valence-corrected chi connectivity index (χ4v) is 3.94. The van der Waals surface area contributed by atoms with Crippen molar-refractivity contribution in [2.45, 2.75) is 37.1 Å². The van der Waals surface area contributed by atoms with E-state index in [4.69, 9.17) is 5.11 Å². The van der Waals surface area contributed by atoms with E-state index in [9.17, 15) is 13.2 Å². The number of piperidine rings is 1. The number of hydrogen-bond acceptors (Lipinski definition) is 4.